The monoisotopic (exact) mass is 325 g/mol. The summed E-state index contributed by atoms with van der Waals surface area (Å²) in [5.41, 5.74) is 4.11. The second kappa shape index (κ2) is 6.38. The maximum Gasteiger partial charge on any atom is 0.183 e. The average Bonchev–Trinajstić information content (AvgIpc) is 2.90. The maximum atomic E-state index is 5.42. The van der Waals surface area contributed by atoms with Gasteiger partial charge in [0.05, 0.1) is 5.39 Å². The molecule has 0 amide bonds. The molecule has 0 saturated carbocycles. The molecule has 0 aliphatic heterocycles. The third-order valence-electron chi connectivity index (χ3n) is 3.69. The summed E-state index contributed by atoms with van der Waals surface area (Å²) in [6.45, 7) is 6.35. The molecule has 0 fully saturated rings. The zero-order valence-corrected chi connectivity index (χ0v) is 14.2. The van der Waals surface area contributed by atoms with Crippen LogP contribution in [0.1, 0.15) is 30.9 Å². The maximum absolute atomic E-state index is 5.42. The highest BCUT2D eigenvalue weighted by Crippen LogP contribution is 2.26. The van der Waals surface area contributed by atoms with Gasteiger partial charge in [-0.2, -0.15) is 0 Å². The Labute approximate surface area is 140 Å². The van der Waals surface area contributed by atoms with Crippen molar-refractivity contribution in [1.82, 2.24) is 5.16 Å². The van der Waals surface area contributed by atoms with Gasteiger partial charge in [0.15, 0.2) is 16.5 Å². The molecule has 0 saturated heterocycles. The fraction of sp³-hybridized carbons (Fsp3) is 0.222. The topological polar surface area (TPSA) is 50.1 Å². The van der Waals surface area contributed by atoms with E-state index in [1.54, 1.807) is 0 Å². The molecule has 5 heteroatoms. The third kappa shape index (κ3) is 3.35. The number of nitrogens with zero attached hydrogens (tertiary/aromatic N) is 1. The lowest BCUT2D eigenvalue weighted by Crippen LogP contribution is -2.20. The van der Waals surface area contributed by atoms with Crippen LogP contribution in [-0.2, 0) is 0 Å². The average molecular weight is 325 g/mol. The molecular weight excluding hydrogens is 306 g/mol. The van der Waals surface area contributed by atoms with Gasteiger partial charge in [0.1, 0.15) is 0 Å². The Balaban J connectivity index is 1.81. The van der Waals surface area contributed by atoms with Crippen molar-refractivity contribution in [3.8, 4) is 0 Å². The van der Waals surface area contributed by atoms with E-state index in [2.05, 4.69) is 35.7 Å². The minimum atomic E-state index is 0.414. The molecule has 0 aliphatic rings. The number of rotatable bonds is 3. The number of aromatic nitrogens is 1. The Kier molecular flexibility index (Phi) is 4.30. The van der Waals surface area contributed by atoms with Crippen LogP contribution in [0.15, 0.2) is 47.0 Å². The van der Waals surface area contributed by atoms with Gasteiger partial charge in [-0.1, -0.05) is 48.8 Å². The van der Waals surface area contributed by atoms with Crippen LogP contribution in [0.4, 0.5) is 11.5 Å². The van der Waals surface area contributed by atoms with Gasteiger partial charge >= 0.3 is 0 Å². The largest absolute Gasteiger partial charge is 0.354 e. The van der Waals surface area contributed by atoms with Crippen molar-refractivity contribution in [3.05, 3.63) is 53.6 Å². The molecule has 0 radical (unpaired) electrons. The first-order valence-corrected chi connectivity index (χ1v) is 7.98. The van der Waals surface area contributed by atoms with E-state index >= 15 is 0 Å². The third-order valence-corrected chi connectivity index (χ3v) is 3.89. The number of fused-ring (bicyclic) bond motifs is 1. The fourth-order valence-electron chi connectivity index (χ4n) is 2.52. The molecule has 1 heterocycles. The molecule has 3 rings (SSSR count). The summed E-state index contributed by atoms with van der Waals surface area (Å²) in [7, 11) is 0. The molecular formula is C18H19N3OS. The first-order valence-electron chi connectivity index (χ1n) is 7.57. The lowest BCUT2D eigenvalue weighted by molar-refractivity contribution is 0.460. The van der Waals surface area contributed by atoms with E-state index in [0.29, 0.717) is 16.8 Å². The van der Waals surface area contributed by atoms with Gasteiger partial charge < -0.3 is 15.2 Å². The summed E-state index contributed by atoms with van der Waals surface area (Å²) in [4.78, 5) is 0. The SMILES string of the molecule is Cc1ccc2onc(NC(=S)Nc3ccccc3C(C)C)c2c1. The van der Waals surface area contributed by atoms with E-state index < -0.39 is 0 Å². The molecule has 0 aliphatic carbocycles. The van der Waals surface area contributed by atoms with Gasteiger partial charge in [0, 0.05) is 5.69 Å². The number of nitrogens with one attached hydrogen (secondary N) is 2. The van der Waals surface area contributed by atoms with E-state index in [4.69, 9.17) is 16.7 Å². The lowest BCUT2D eigenvalue weighted by Gasteiger charge is -2.15. The molecule has 4 nitrogen and oxygen atoms in total. The first kappa shape index (κ1) is 15.5. The van der Waals surface area contributed by atoms with Gasteiger partial charge in [-0.3, -0.25) is 0 Å². The second-order valence-corrected chi connectivity index (χ2v) is 6.26. The number of hydrogen-bond acceptors (Lipinski definition) is 3. The summed E-state index contributed by atoms with van der Waals surface area (Å²) in [6, 6.07) is 14.1. The van der Waals surface area contributed by atoms with Crippen molar-refractivity contribution < 1.29 is 4.52 Å². The number of aryl methyl sites for hydroxylation is 1. The Morgan fingerprint density at radius 2 is 1.91 bits per heavy atom. The number of hydrogen-bond donors (Lipinski definition) is 2. The molecule has 0 unspecified atom stereocenters. The molecule has 23 heavy (non-hydrogen) atoms. The van der Waals surface area contributed by atoms with Gasteiger partial charge in [-0.05, 0) is 48.8 Å². The molecule has 0 spiro atoms. The normalized spacial score (nSPS) is 11.0. The van der Waals surface area contributed by atoms with E-state index in [0.717, 1.165) is 22.2 Å². The van der Waals surface area contributed by atoms with E-state index in [1.807, 2.05) is 43.3 Å². The minimum absolute atomic E-state index is 0.414. The highest BCUT2D eigenvalue weighted by molar-refractivity contribution is 7.80. The van der Waals surface area contributed by atoms with E-state index in [-0.39, 0.29) is 0 Å². The van der Waals surface area contributed by atoms with Crippen LogP contribution >= 0.6 is 12.2 Å². The van der Waals surface area contributed by atoms with Crippen LogP contribution in [0, 0.1) is 6.92 Å². The van der Waals surface area contributed by atoms with Crippen LogP contribution in [0.5, 0.6) is 0 Å². The van der Waals surface area contributed by atoms with Gasteiger partial charge in [-0.25, -0.2) is 0 Å². The highest BCUT2D eigenvalue weighted by atomic mass is 32.1. The number of para-hydroxylation sites is 1. The minimum Gasteiger partial charge on any atom is -0.354 e. The molecule has 3 aromatic rings. The van der Waals surface area contributed by atoms with Crippen molar-refractivity contribution in [1.29, 1.82) is 0 Å². The highest BCUT2D eigenvalue weighted by Gasteiger charge is 2.11. The van der Waals surface area contributed by atoms with Gasteiger partial charge in [0.25, 0.3) is 0 Å². The van der Waals surface area contributed by atoms with Crippen LogP contribution in [-0.4, -0.2) is 10.3 Å². The zero-order valence-electron chi connectivity index (χ0n) is 13.4. The molecule has 2 aromatic carbocycles. The standard InChI is InChI=1S/C18H19N3OS/c1-11(2)13-6-4-5-7-15(13)19-18(23)20-17-14-10-12(3)8-9-16(14)22-21-17/h4-11H,1-3H3,(H2,19,20,21,23). The number of anilines is 2. The van der Waals surface area contributed by atoms with Crippen LogP contribution in [0.25, 0.3) is 11.0 Å². The predicted molar refractivity (Wildman–Crippen MR) is 99.1 cm³/mol. The lowest BCUT2D eigenvalue weighted by atomic mass is 10.0. The predicted octanol–water partition coefficient (Wildman–Crippen LogP) is 5.07. The molecule has 0 bridgehead atoms. The fourth-order valence-corrected chi connectivity index (χ4v) is 2.72. The van der Waals surface area contributed by atoms with Crippen LogP contribution in [0.3, 0.4) is 0 Å². The zero-order chi connectivity index (χ0) is 16.4. The molecule has 0 atom stereocenters. The summed E-state index contributed by atoms with van der Waals surface area (Å²) in [6.07, 6.45) is 0. The Bertz CT molecular complexity index is 854. The summed E-state index contributed by atoms with van der Waals surface area (Å²) < 4.78 is 5.32. The number of thiocarbonyl (C=S) groups is 1. The molecule has 2 N–H and O–H groups in total. The van der Waals surface area contributed by atoms with Crippen molar-refractivity contribution in [2.24, 2.45) is 0 Å². The van der Waals surface area contributed by atoms with Crippen molar-refractivity contribution in [2.45, 2.75) is 26.7 Å². The molecule has 1 aromatic heterocycles. The van der Waals surface area contributed by atoms with Crippen molar-refractivity contribution in [3.63, 3.8) is 0 Å². The Morgan fingerprint density at radius 3 is 2.70 bits per heavy atom. The number of benzene rings is 2. The summed E-state index contributed by atoms with van der Waals surface area (Å²) in [5, 5.41) is 11.8. The smallest absolute Gasteiger partial charge is 0.183 e. The summed E-state index contributed by atoms with van der Waals surface area (Å²) in [5.74, 6) is 1.04. The van der Waals surface area contributed by atoms with Crippen molar-refractivity contribution >= 4 is 39.8 Å². The summed E-state index contributed by atoms with van der Waals surface area (Å²) >= 11 is 5.42. The second-order valence-electron chi connectivity index (χ2n) is 5.85. The Hall–Kier alpha value is -2.40. The van der Waals surface area contributed by atoms with Crippen molar-refractivity contribution in [2.75, 3.05) is 10.6 Å². The van der Waals surface area contributed by atoms with Gasteiger partial charge in [-0.15, -0.1) is 0 Å². The molecule has 118 valence electrons. The quantitative estimate of drug-likeness (QED) is 0.659. The van der Waals surface area contributed by atoms with E-state index in [1.165, 1.54) is 5.56 Å². The van der Waals surface area contributed by atoms with E-state index in [9.17, 15) is 0 Å². The first-order chi connectivity index (χ1) is 11.0. The Morgan fingerprint density at radius 1 is 1.13 bits per heavy atom. The van der Waals surface area contributed by atoms with Crippen LogP contribution in [0.2, 0.25) is 0 Å². The van der Waals surface area contributed by atoms with Gasteiger partial charge in [0.2, 0.25) is 0 Å². The van der Waals surface area contributed by atoms with Crippen LogP contribution < -0.4 is 10.6 Å².